The highest BCUT2D eigenvalue weighted by Gasteiger charge is 2.37. The summed E-state index contributed by atoms with van der Waals surface area (Å²) in [5.74, 6) is 0.0591. The average Bonchev–Trinajstić information content (AvgIpc) is 2.78. The summed E-state index contributed by atoms with van der Waals surface area (Å²) in [6.07, 6.45) is 4.54. The van der Waals surface area contributed by atoms with Gasteiger partial charge in [0.05, 0.1) is 13.2 Å². The number of ketones is 1. The minimum absolute atomic E-state index is 0.0344. The number of carbonyl (C=O) groups is 1. The van der Waals surface area contributed by atoms with E-state index >= 15 is 0 Å². The van der Waals surface area contributed by atoms with Crippen molar-refractivity contribution >= 4 is 5.78 Å². The first-order valence-electron chi connectivity index (χ1n) is 7.07. The molecule has 2 rings (SSSR count). The van der Waals surface area contributed by atoms with Crippen LogP contribution in [0.25, 0.3) is 0 Å². The van der Waals surface area contributed by atoms with E-state index in [1.165, 1.54) is 0 Å². The van der Waals surface area contributed by atoms with Crippen LogP contribution < -0.4 is 0 Å². The van der Waals surface area contributed by atoms with Gasteiger partial charge < -0.3 is 9.47 Å². The van der Waals surface area contributed by atoms with Crippen molar-refractivity contribution in [2.75, 3.05) is 13.2 Å². The Bertz CT molecular complexity index is 402. The van der Waals surface area contributed by atoms with Gasteiger partial charge in [-0.15, -0.1) is 0 Å². The van der Waals surface area contributed by atoms with Gasteiger partial charge in [-0.25, -0.2) is 0 Å². The predicted molar refractivity (Wildman–Crippen MR) is 74.7 cm³/mol. The predicted octanol–water partition coefficient (Wildman–Crippen LogP) is 3.26. The summed E-state index contributed by atoms with van der Waals surface area (Å²) in [5.41, 5.74) is 1.99. The molecule has 0 aromatic heterocycles. The highest BCUT2D eigenvalue weighted by molar-refractivity contribution is 5.97. The van der Waals surface area contributed by atoms with Crippen LogP contribution in [-0.4, -0.2) is 24.8 Å². The fourth-order valence-electron chi connectivity index (χ4n) is 3.04. The minimum Gasteiger partial charge on any atom is -0.348 e. The van der Waals surface area contributed by atoms with Gasteiger partial charge in [-0.05, 0) is 45.1 Å². The van der Waals surface area contributed by atoms with Crippen LogP contribution in [0.5, 0.6) is 0 Å². The third-order valence-electron chi connectivity index (χ3n) is 4.33. The van der Waals surface area contributed by atoms with Crippen molar-refractivity contribution in [3.8, 4) is 0 Å². The zero-order valence-corrected chi connectivity index (χ0v) is 12.2. The third kappa shape index (κ3) is 3.15. The molecule has 19 heavy (non-hydrogen) atoms. The van der Waals surface area contributed by atoms with Gasteiger partial charge in [-0.1, -0.05) is 18.2 Å². The molecule has 3 nitrogen and oxygen atoms in total. The average molecular weight is 264 g/mol. The van der Waals surface area contributed by atoms with Crippen LogP contribution in [0.1, 0.15) is 40.0 Å². The van der Waals surface area contributed by atoms with Gasteiger partial charge in [0.25, 0.3) is 0 Å². The second-order valence-electron chi connectivity index (χ2n) is 5.92. The topological polar surface area (TPSA) is 35.5 Å². The molecule has 0 aromatic rings. The summed E-state index contributed by atoms with van der Waals surface area (Å²) in [4.78, 5) is 12.4. The number of carbonyl (C=O) groups excluding carboxylic acids is 1. The number of Topliss-reactive ketones (excluding diaryl/α,β-unsaturated/α-hetero) is 1. The van der Waals surface area contributed by atoms with Crippen molar-refractivity contribution in [2.45, 2.75) is 45.8 Å². The molecule has 1 heterocycles. The van der Waals surface area contributed by atoms with E-state index in [2.05, 4.69) is 6.58 Å². The first-order chi connectivity index (χ1) is 8.93. The van der Waals surface area contributed by atoms with Crippen LogP contribution in [0, 0.1) is 11.8 Å². The largest absolute Gasteiger partial charge is 0.348 e. The van der Waals surface area contributed by atoms with Crippen LogP contribution in [0.15, 0.2) is 23.8 Å². The highest BCUT2D eigenvalue weighted by atomic mass is 16.7. The molecule has 2 atom stereocenters. The van der Waals surface area contributed by atoms with E-state index in [0.29, 0.717) is 13.2 Å². The molecule has 0 saturated carbocycles. The highest BCUT2D eigenvalue weighted by Crippen LogP contribution is 2.37. The summed E-state index contributed by atoms with van der Waals surface area (Å²) in [5, 5.41) is 0. The molecule has 0 bridgehead atoms. The molecule has 1 saturated heterocycles. The van der Waals surface area contributed by atoms with E-state index in [1.807, 2.05) is 26.8 Å². The summed E-state index contributed by atoms with van der Waals surface area (Å²) in [6, 6.07) is 0. The fraction of sp³-hybridized carbons (Fsp3) is 0.688. The lowest BCUT2D eigenvalue weighted by molar-refractivity contribution is -0.151. The lowest BCUT2D eigenvalue weighted by Crippen LogP contribution is -2.33. The van der Waals surface area contributed by atoms with Gasteiger partial charge in [-0.3, -0.25) is 4.79 Å². The Morgan fingerprint density at radius 2 is 2.11 bits per heavy atom. The molecule has 106 valence electrons. The standard InChI is InChI=1S/C16H24O3/c1-11(2)13-6-5-12(3)15(17)14(13)7-8-16(4)18-9-10-19-16/h5,13-14H,1,6-10H2,2-4H3/t13-,14-/m0/s1. The van der Waals surface area contributed by atoms with E-state index < -0.39 is 5.79 Å². The maximum atomic E-state index is 12.4. The van der Waals surface area contributed by atoms with Crippen molar-refractivity contribution < 1.29 is 14.3 Å². The van der Waals surface area contributed by atoms with Crippen LogP contribution >= 0.6 is 0 Å². The van der Waals surface area contributed by atoms with Gasteiger partial charge in [0.1, 0.15) is 0 Å². The van der Waals surface area contributed by atoms with Crippen LogP contribution in [0.4, 0.5) is 0 Å². The molecule has 0 unspecified atom stereocenters. The van der Waals surface area contributed by atoms with Gasteiger partial charge >= 0.3 is 0 Å². The Morgan fingerprint density at radius 3 is 2.68 bits per heavy atom. The monoisotopic (exact) mass is 264 g/mol. The number of allylic oxidation sites excluding steroid dienone is 3. The Labute approximate surface area is 115 Å². The normalized spacial score (nSPS) is 30.3. The van der Waals surface area contributed by atoms with Crippen LogP contribution in [0.3, 0.4) is 0 Å². The summed E-state index contributed by atoms with van der Waals surface area (Å²) in [7, 11) is 0. The zero-order chi connectivity index (χ0) is 14.0. The molecule has 0 amide bonds. The minimum atomic E-state index is -0.505. The molecular formula is C16H24O3. The smallest absolute Gasteiger partial charge is 0.165 e. The van der Waals surface area contributed by atoms with Gasteiger partial charge in [0.2, 0.25) is 0 Å². The van der Waals surface area contributed by atoms with Crippen LogP contribution in [0.2, 0.25) is 0 Å². The lowest BCUT2D eigenvalue weighted by atomic mass is 9.73. The molecule has 3 heteroatoms. The van der Waals surface area contributed by atoms with Crippen LogP contribution in [-0.2, 0) is 14.3 Å². The maximum Gasteiger partial charge on any atom is 0.165 e. The summed E-state index contributed by atoms with van der Waals surface area (Å²) in [6.45, 7) is 11.2. The third-order valence-corrected chi connectivity index (χ3v) is 4.33. The number of rotatable bonds is 4. The maximum absolute atomic E-state index is 12.4. The Hall–Kier alpha value is -0.930. The van der Waals surface area contributed by atoms with Gasteiger partial charge in [-0.2, -0.15) is 0 Å². The SMILES string of the molecule is C=C(C)[C@@H]1CC=C(C)C(=O)[C@H]1CCC1(C)OCCO1. The van der Waals surface area contributed by atoms with E-state index in [-0.39, 0.29) is 17.6 Å². The second-order valence-corrected chi connectivity index (χ2v) is 5.92. The Kier molecular flexibility index (Phi) is 4.26. The molecule has 0 radical (unpaired) electrons. The quantitative estimate of drug-likeness (QED) is 0.731. The fourth-order valence-corrected chi connectivity index (χ4v) is 3.04. The Balaban J connectivity index is 2.04. The molecular weight excluding hydrogens is 240 g/mol. The molecule has 1 fully saturated rings. The van der Waals surface area contributed by atoms with E-state index in [4.69, 9.17) is 9.47 Å². The van der Waals surface area contributed by atoms with E-state index in [0.717, 1.165) is 30.4 Å². The van der Waals surface area contributed by atoms with Gasteiger partial charge in [0.15, 0.2) is 11.6 Å². The van der Waals surface area contributed by atoms with Crippen molar-refractivity contribution in [3.63, 3.8) is 0 Å². The van der Waals surface area contributed by atoms with Gasteiger partial charge in [0, 0.05) is 12.3 Å². The van der Waals surface area contributed by atoms with E-state index in [1.54, 1.807) is 0 Å². The first kappa shape index (κ1) is 14.5. The number of hydrogen-bond donors (Lipinski definition) is 0. The van der Waals surface area contributed by atoms with Crippen molar-refractivity contribution in [2.24, 2.45) is 11.8 Å². The molecule has 1 aliphatic heterocycles. The second kappa shape index (κ2) is 5.59. The number of hydrogen-bond acceptors (Lipinski definition) is 3. The van der Waals surface area contributed by atoms with Crippen molar-refractivity contribution in [1.82, 2.24) is 0 Å². The summed E-state index contributed by atoms with van der Waals surface area (Å²) >= 11 is 0. The molecule has 1 aliphatic carbocycles. The lowest BCUT2D eigenvalue weighted by Gasteiger charge is -2.32. The van der Waals surface area contributed by atoms with Crippen molar-refractivity contribution in [3.05, 3.63) is 23.8 Å². The van der Waals surface area contributed by atoms with E-state index in [9.17, 15) is 4.79 Å². The molecule has 0 aromatic carbocycles. The molecule has 0 N–H and O–H groups in total. The first-order valence-corrected chi connectivity index (χ1v) is 7.07. The molecule has 0 spiro atoms. The van der Waals surface area contributed by atoms with Crippen molar-refractivity contribution in [1.29, 1.82) is 0 Å². The molecule has 2 aliphatic rings. The zero-order valence-electron chi connectivity index (χ0n) is 12.2. The summed E-state index contributed by atoms with van der Waals surface area (Å²) < 4.78 is 11.2. The Morgan fingerprint density at radius 1 is 1.47 bits per heavy atom. The number of ether oxygens (including phenoxy) is 2.